The van der Waals surface area contributed by atoms with Gasteiger partial charge in [-0.25, -0.2) is 22.4 Å². The van der Waals surface area contributed by atoms with Crippen LogP contribution in [-0.2, 0) is 10.3 Å². The van der Waals surface area contributed by atoms with Gasteiger partial charge in [0.25, 0.3) is 0 Å². The van der Waals surface area contributed by atoms with Crippen molar-refractivity contribution in [1.29, 1.82) is 0 Å². The van der Waals surface area contributed by atoms with Crippen molar-refractivity contribution in [3.05, 3.63) is 35.4 Å². The Hall–Kier alpha value is -1.91. The van der Waals surface area contributed by atoms with E-state index in [1.54, 1.807) is 11.9 Å². The number of rotatable bonds is 13. The molecule has 3 atom stereocenters. The highest BCUT2D eigenvalue weighted by Crippen LogP contribution is 2.41. The Balaban J connectivity index is 1.69. The van der Waals surface area contributed by atoms with Crippen molar-refractivity contribution in [3.8, 4) is 0 Å². The molecule has 3 rings (SSSR count). The zero-order chi connectivity index (χ0) is 28.5. The molecule has 0 radical (unpaired) electrons. The number of nitrogens with one attached hydrogen (secondary N) is 2. The lowest BCUT2D eigenvalue weighted by atomic mass is 9.74. The van der Waals surface area contributed by atoms with E-state index < -0.39 is 29.1 Å². The largest absolute Gasteiger partial charge is 0.385 e. The molecule has 6 nitrogen and oxygen atoms in total. The average molecular weight is 560 g/mol. The number of aliphatic hydroxyl groups is 1. The third kappa shape index (κ3) is 8.79. The topological polar surface area (TPSA) is 73.8 Å². The number of unbranched alkanes of at least 4 members (excludes halogenated alkanes) is 1. The number of nitrogens with zero attached hydrogens (tertiary/aromatic N) is 1. The van der Waals surface area contributed by atoms with Gasteiger partial charge in [0.05, 0.1) is 5.60 Å². The van der Waals surface area contributed by atoms with Gasteiger partial charge in [-0.05, 0) is 77.3 Å². The van der Waals surface area contributed by atoms with Crippen molar-refractivity contribution in [2.24, 2.45) is 11.8 Å². The predicted molar refractivity (Wildman–Crippen MR) is 143 cm³/mol. The van der Waals surface area contributed by atoms with Gasteiger partial charge < -0.3 is 25.4 Å². The van der Waals surface area contributed by atoms with Crippen LogP contribution in [0.4, 0.5) is 22.4 Å². The Labute approximate surface area is 229 Å². The number of hydrogen-bond acceptors (Lipinski definition) is 4. The SMILES string of the molecule is CCOCCCCC(O)(c1cccc(F)c1F)C1CCCN(C(=O)NC(CNC)CC2CCC(F)(F)CC2)C1. The number of urea groups is 1. The molecule has 1 aromatic rings. The van der Waals surface area contributed by atoms with Gasteiger partial charge in [0.2, 0.25) is 5.92 Å². The minimum absolute atomic E-state index is 0.0756. The molecule has 222 valence electrons. The molecule has 1 saturated carbocycles. The molecule has 39 heavy (non-hydrogen) atoms. The molecule has 1 aliphatic heterocycles. The third-order valence-electron chi connectivity index (χ3n) is 8.34. The number of amides is 2. The van der Waals surface area contributed by atoms with Crippen molar-refractivity contribution in [2.75, 3.05) is 39.9 Å². The number of likely N-dealkylation sites (N-methyl/N-ethyl adjacent to an activating group) is 1. The van der Waals surface area contributed by atoms with Gasteiger partial charge in [0, 0.05) is 63.2 Å². The molecule has 10 heteroatoms. The Kier molecular flexibility index (Phi) is 11.9. The summed E-state index contributed by atoms with van der Waals surface area (Å²) in [5.74, 6) is -5.03. The van der Waals surface area contributed by atoms with Crippen LogP contribution in [-0.4, -0.2) is 67.9 Å². The quantitative estimate of drug-likeness (QED) is 0.218. The second-order valence-electron chi connectivity index (χ2n) is 11.2. The summed E-state index contributed by atoms with van der Waals surface area (Å²) in [5.41, 5.74) is -1.72. The Morgan fingerprint density at radius 3 is 2.67 bits per heavy atom. The number of hydrogen-bond donors (Lipinski definition) is 3. The van der Waals surface area contributed by atoms with Crippen LogP contribution in [0, 0.1) is 23.5 Å². The van der Waals surface area contributed by atoms with E-state index in [0.717, 1.165) is 6.07 Å². The fraction of sp³-hybridized carbons (Fsp3) is 0.759. The standard InChI is InChI=1S/C29H45F4N3O3/c1-3-39-17-5-4-13-29(38,24-9-6-10-25(30)26(24)31)22-8-7-16-36(20-22)27(37)35-23(19-34-2)18-21-11-14-28(32,33)15-12-21/h6,9-10,21-23,34,38H,3-5,7-8,11-20H2,1-2H3,(H,35,37). The van der Waals surface area contributed by atoms with E-state index in [0.29, 0.717) is 71.2 Å². The fourth-order valence-electron chi connectivity index (χ4n) is 6.13. The first-order chi connectivity index (χ1) is 18.6. The van der Waals surface area contributed by atoms with Crippen molar-refractivity contribution in [2.45, 2.75) is 88.7 Å². The molecular weight excluding hydrogens is 514 g/mol. The highest BCUT2D eigenvalue weighted by atomic mass is 19.3. The van der Waals surface area contributed by atoms with Gasteiger partial charge in [0.15, 0.2) is 11.6 Å². The van der Waals surface area contributed by atoms with E-state index in [1.807, 2.05) is 6.92 Å². The minimum Gasteiger partial charge on any atom is -0.385 e. The summed E-state index contributed by atoms with van der Waals surface area (Å²) in [6.45, 7) is 4.19. The molecule has 1 aromatic carbocycles. The van der Waals surface area contributed by atoms with Crippen LogP contribution in [0.5, 0.6) is 0 Å². The molecule has 3 unspecified atom stereocenters. The van der Waals surface area contributed by atoms with Crippen LogP contribution in [0.1, 0.15) is 76.7 Å². The van der Waals surface area contributed by atoms with Gasteiger partial charge in [-0.2, -0.15) is 0 Å². The summed E-state index contributed by atoms with van der Waals surface area (Å²) >= 11 is 0. The van der Waals surface area contributed by atoms with Crippen LogP contribution < -0.4 is 10.6 Å². The van der Waals surface area contributed by atoms with E-state index in [2.05, 4.69) is 10.6 Å². The smallest absolute Gasteiger partial charge is 0.317 e. The van der Waals surface area contributed by atoms with Crippen molar-refractivity contribution in [1.82, 2.24) is 15.5 Å². The Morgan fingerprint density at radius 2 is 1.97 bits per heavy atom. The van der Waals surface area contributed by atoms with Crippen LogP contribution in [0.15, 0.2) is 18.2 Å². The first-order valence-electron chi connectivity index (χ1n) is 14.4. The summed E-state index contributed by atoms with van der Waals surface area (Å²) in [6.07, 6.45) is 3.87. The Bertz CT molecular complexity index is 912. The second kappa shape index (κ2) is 14.6. The molecule has 1 aliphatic carbocycles. The van der Waals surface area contributed by atoms with Crippen LogP contribution in [0.3, 0.4) is 0 Å². The molecule has 0 aromatic heterocycles. The number of ether oxygens (including phenoxy) is 1. The van der Waals surface area contributed by atoms with Gasteiger partial charge in [-0.3, -0.25) is 0 Å². The highest BCUT2D eigenvalue weighted by molar-refractivity contribution is 5.74. The highest BCUT2D eigenvalue weighted by Gasteiger charge is 2.43. The van der Waals surface area contributed by atoms with Crippen LogP contribution in [0.25, 0.3) is 0 Å². The fourth-order valence-corrected chi connectivity index (χ4v) is 6.13. The number of benzene rings is 1. The van der Waals surface area contributed by atoms with Crippen molar-refractivity contribution >= 4 is 6.03 Å². The van der Waals surface area contributed by atoms with Crippen LogP contribution >= 0.6 is 0 Å². The number of carbonyl (C=O) groups is 1. The molecule has 2 aliphatic rings. The third-order valence-corrected chi connectivity index (χ3v) is 8.34. The van der Waals surface area contributed by atoms with Crippen molar-refractivity contribution in [3.63, 3.8) is 0 Å². The number of likely N-dealkylation sites (tertiary alicyclic amines) is 1. The van der Waals surface area contributed by atoms with E-state index in [9.17, 15) is 27.5 Å². The average Bonchev–Trinajstić information content (AvgIpc) is 2.91. The maximum absolute atomic E-state index is 15.0. The van der Waals surface area contributed by atoms with Gasteiger partial charge in [-0.15, -0.1) is 0 Å². The lowest BCUT2D eigenvalue weighted by molar-refractivity contribution is -0.0595. The molecular formula is C29H45F4N3O3. The monoisotopic (exact) mass is 559 g/mol. The Morgan fingerprint density at radius 1 is 1.23 bits per heavy atom. The number of alkyl halides is 2. The summed E-state index contributed by atoms with van der Waals surface area (Å²) in [6, 6.07) is 3.34. The molecule has 2 amide bonds. The van der Waals surface area contributed by atoms with E-state index in [4.69, 9.17) is 4.74 Å². The molecule has 0 spiro atoms. The van der Waals surface area contributed by atoms with Gasteiger partial charge in [-0.1, -0.05) is 12.1 Å². The lowest BCUT2D eigenvalue weighted by Gasteiger charge is -2.43. The number of carbonyl (C=O) groups excluding carboxylic acids is 1. The van der Waals surface area contributed by atoms with Crippen LogP contribution in [0.2, 0.25) is 0 Å². The molecule has 1 saturated heterocycles. The summed E-state index contributed by atoms with van der Waals surface area (Å²) < 4.78 is 61.7. The first kappa shape index (κ1) is 31.6. The summed E-state index contributed by atoms with van der Waals surface area (Å²) in [7, 11) is 1.78. The molecule has 1 heterocycles. The predicted octanol–water partition coefficient (Wildman–Crippen LogP) is 5.58. The number of piperidine rings is 1. The van der Waals surface area contributed by atoms with E-state index in [-0.39, 0.29) is 49.4 Å². The molecule has 0 bridgehead atoms. The minimum atomic E-state index is -2.60. The van der Waals surface area contributed by atoms with Gasteiger partial charge >= 0.3 is 6.03 Å². The zero-order valence-electron chi connectivity index (χ0n) is 23.3. The van der Waals surface area contributed by atoms with Gasteiger partial charge in [0.1, 0.15) is 0 Å². The first-order valence-corrected chi connectivity index (χ1v) is 14.4. The number of halogens is 4. The van der Waals surface area contributed by atoms with E-state index in [1.165, 1.54) is 12.1 Å². The maximum atomic E-state index is 15.0. The second-order valence-corrected chi connectivity index (χ2v) is 11.2. The molecule has 3 N–H and O–H groups in total. The zero-order valence-corrected chi connectivity index (χ0v) is 23.3. The normalized spacial score (nSPS) is 22.3. The summed E-state index contributed by atoms with van der Waals surface area (Å²) in [4.78, 5) is 15.0. The van der Waals surface area contributed by atoms with Crippen molar-refractivity contribution < 1.29 is 32.2 Å². The summed E-state index contributed by atoms with van der Waals surface area (Å²) in [5, 5.41) is 18.1. The lowest BCUT2D eigenvalue weighted by Crippen LogP contribution is -2.54. The molecule has 2 fully saturated rings. The maximum Gasteiger partial charge on any atom is 0.317 e. The van der Waals surface area contributed by atoms with E-state index >= 15 is 0 Å².